The van der Waals surface area contributed by atoms with Crippen molar-refractivity contribution in [3.05, 3.63) is 58.6 Å². The minimum atomic E-state index is -0.370. The largest absolute Gasteiger partial charge is 0.326 e. The molecule has 22 heavy (non-hydrogen) atoms. The van der Waals surface area contributed by atoms with Crippen LogP contribution < -0.4 is 10.6 Å². The van der Waals surface area contributed by atoms with Crippen LogP contribution in [-0.2, 0) is 9.59 Å². The zero-order chi connectivity index (χ0) is 16.1. The third-order valence-corrected chi connectivity index (χ3v) is 3.58. The van der Waals surface area contributed by atoms with E-state index in [0.717, 1.165) is 16.8 Å². The molecule has 2 aromatic carbocycles. The highest BCUT2D eigenvalue weighted by molar-refractivity contribution is 6.30. The second-order valence-corrected chi connectivity index (χ2v) is 5.46. The Morgan fingerprint density at radius 2 is 1.59 bits per heavy atom. The van der Waals surface area contributed by atoms with E-state index in [1.165, 1.54) is 0 Å². The molecule has 0 atom stereocenters. The summed E-state index contributed by atoms with van der Waals surface area (Å²) in [6.45, 7) is 3.90. The van der Waals surface area contributed by atoms with E-state index < -0.39 is 0 Å². The Morgan fingerprint density at radius 3 is 2.27 bits per heavy atom. The van der Waals surface area contributed by atoms with Crippen molar-refractivity contribution in [1.82, 2.24) is 0 Å². The maximum atomic E-state index is 11.9. The van der Waals surface area contributed by atoms with Gasteiger partial charge in [-0.2, -0.15) is 0 Å². The number of benzene rings is 2. The lowest BCUT2D eigenvalue weighted by Crippen LogP contribution is -2.21. The fourth-order valence-corrected chi connectivity index (χ4v) is 2.09. The van der Waals surface area contributed by atoms with Gasteiger partial charge in [-0.15, -0.1) is 0 Å². The third kappa shape index (κ3) is 4.33. The second kappa shape index (κ2) is 7.09. The van der Waals surface area contributed by atoms with E-state index in [4.69, 9.17) is 11.6 Å². The smallest absolute Gasteiger partial charge is 0.233 e. The van der Waals surface area contributed by atoms with Crippen LogP contribution >= 0.6 is 11.6 Å². The zero-order valence-corrected chi connectivity index (χ0v) is 13.2. The van der Waals surface area contributed by atoms with E-state index >= 15 is 0 Å². The standard InChI is InChI=1S/C17H17ClN2O2/c1-11-4-3-5-15(12(11)2)20-17(22)10-16(21)19-14-8-6-13(18)7-9-14/h3-9H,10H2,1-2H3,(H,19,21)(H,20,22). The van der Waals surface area contributed by atoms with Crippen LogP contribution in [0.15, 0.2) is 42.5 Å². The van der Waals surface area contributed by atoms with Gasteiger partial charge < -0.3 is 10.6 Å². The number of halogens is 1. The van der Waals surface area contributed by atoms with Gasteiger partial charge in [-0.05, 0) is 55.3 Å². The molecule has 2 N–H and O–H groups in total. The number of anilines is 2. The molecule has 0 bridgehead atoms. The topological polar surface area (TPSA) is 58.2 Å². The lowest BCUT2D eigenvalue weighted by atomic mass is 10.1. The molecule has 0 spiro atoms. The van der Waals surface area contributed by atoms with Gasteiger partial charge in [-0.3, -0.25) is 9.59 Å². The van der Waals surface area contributed by atoms with Gasteiger partial charge in [0, 0.05) is 16.4 Å². The monoisotopic (exact) mass is 316 g/mol. The maximum Gasteiger partial charge on any atom is 0.233 e. The highest BCUT2D eigenvalue weighted by Crippen LogP contribution is 2.18. The fourth-order valence-electron chi connectivity index (χ4n) is 1.97. The van der Waals surface area contributed by atoms with Gasteiger partial charge in [0.15, 0.2) is 0 Å². The molecule has 0 fully saturated rings. The van der Waals surface area contributed by atoms with Gasteiger partial charge in [-0.25, -0.2) is 0 Å². The van der Waals surface area contributed by atoms with Crippen LogP contribution in [0.25, 0.3) is 0 Å². The Labute approximate surface area is 134 Å². The third-order valence-electron chi connectivity index (χ3n) is 3.33. The van der Waals surface area contributed by atoms with Crippen molar-refractivity contribution in [2.24, 2.45) is 0 Å². The molecule has 0 heterocycles. The predicted octanol–water partition coefficient (Wildman–Crippen LogP) is 3.92. The van der Waals surface area contributed by atoms with Crippen molar-refractivity contribution in [2.45, 2.75) is 20.3 Å². The van der Waals surface area contributed by atoms with Crippen LogP contribution in [0.2, 0.25) is 5.02 Å². The van der Waals surface area contributed by atoms with Crippen molar-refractivity contribution in [1.29, 1.82) is 0 Å². The zero-order valence-electron chi connectivity index (χ0n) is 12.4. The lowest BCUT2D eigenvalue weighted by Gasteiger charge is -2.10. The molecule has 0 saturated heterocycles. The van der Waals surface area contributed by atoms with Crippen molar-refractivity contribution >= 4 is 34.8 Å². The number of carbonyl (C=O) groups is 2. The van der Waals surface area contributed by atoms with E-state index in [2.05, 4.69) is 10.6 Å². The fraction of sp³-hybridized carbons (Fsp3) is 0.176. The quantitative estimate of drug-likeness (QED) is 0.840. The summed E-state index contributed by atoms with van der Waals surface area (Å²) in [4.78, 5) is 23.8. The van der Waals surface area contributed by atoms with Crippen LogP contribution in [0.4, 0.5) is 11.4 Å². The van der Waals surface area contributed by atoms with Crippen molar-refractivity contribution in [3.8, 4) is 0 Å². The number of carbonyl (C=O) groups excluding carboxylic acids is 2. The molecule has 4 nitrogen and oxygen atoms in total. The highest BCUT2D eigenvalue weighted by Gasteiger charge is 2.11. The summed E-state index contributed by atoms with van der Waals surface area (Å²) < 4.78 is 0. The Kier molecular flexibility index (Phi) is 5.17. The minimum absolute atomic E-state index is 0.240. The van der Waals surface area contributed by atoms with E-state index in [1.54, 1.807) is 24.3 Å². The molecule has 2 amide bonds. The minimum Gasteiger partial charge on any atom is -0.326 e. The first-order chi connectivity index (χ1) is 10.5. The average Bonchev–Trinajstić information content (AvgIpc) is 2.46. The molecule has 0 aliphatic carbocycles. The summed E-state index contributed by atoms with van der Waals surface area (Å²) in [5, 5.41) is 6.00. The van der Waals surface area contributed by atoms with Gasteiger partial charge in [0.25, 0.3) is 0 Å². The van der Waals surface area contributed by atoms with E-state index in [9.17, 15) is 9.59 Å². The number of hydrogen-bond acceptors (Lipinski definition) is 2. The molecule has 0 saturated carbocycles. The summed E-state index contributed by atoms with van der Waals surface area (Å²) in [6, 6.07) is 12.4. The van der Waals surface area contributed by atoms with Crippen LogP contribution in [-0.4, -0.2) is 11.8 Å². The van der Waals surface area contributed by atoms with Gasteiger partial charge in [0.05, 0.1) is 0 Å². The molecule has 114 valence electrons. The van der Waals surface area contributed by atoms with Crippen LogP contribution in [0, 0.1) is 13.8 Å². The summed E-state index contributed by atoms with van der Waals surface area (Å²) in [6.07, 6.45) is -0.240. The Bertz CT molecular complexity index is 696. The molecule has 2 rings (SSSR count). The van der Waals surface area contributed by atoms with Gasteiger partial charge in [0.1, 0.15) is 6.42 Å². The molecular weight excluding hydrogens is 300 g/mol. The van der Waals surface area contributed by atoms with Gasteiger partial charge in [0.2, 0.25) is 11.8 Å². The lowest BCUT2D eigenvalue weighted by molar-refractivity contribution is -0.123. The normalized spacial score (nSPS) is 10.1. The first-order valence-electron chi connectivity index (χ1n) is 6.87. The molecule has 0 unspecified atom stereocenters. The Balaban J connectivity index is 1.92. The summed E-state index contributed by atoms with van der Waals surface area (Å²) in [5.41, 5.74) is 3.41. The molecule has 0 radical (unpaired) electrons. The summed E-state index contributed by atoms with van der Waals surface area (Å²) in [5.74, 6) is -0.717. The Hall–Kier alpha value is -2.33. The highest BCUT2D eigenvalue weighted by atomic mass is 35.5. The van der Waals surface area contributed by atoms with Gasteiger partial charge in [-0.1, -0.05) is 23.7 Å². The van der Waals surface area contributed by atoms with Crippen LogP contribution in [0.1, 0.15) is 17.5 Å². The first kappa shape index (κ1) is 16.0. The van der Waals surface area contributed by atoms with Crippen molar-refractivity contribution in [2.75, 3.05) is 10.6 Å². The Morgan fingerprint density at radius 1 is 0.955 bits per heavy atom. The molecule has 5 heteroatoms. The molecular formula is C17H17ClN2O2. The molecule has 0 aliphatic heterocycles. The van der Waals surface area contributed by atoms with E-state index in [-0.39, 0.29) is 18.2 Å². The predicted molar refractivity (Wildman–Crippen MR) is 89.2 cm³/mol. The van der Waals surface area contributed by atoms with Crippen LogP contribution in [0.5, 0.6) is 0 Å². The number of hydrogen-bond donors (Lipinski definition) is 2. The van der Waals surface area contributed by atoms with E-state index in [0.29, 0.717) is 10.7 Å². The van der Waals surface area contributed by atoms with Crippen molar-refractivity contribution < 1.29 is 9.59 Å². The maximum absolute atomic E-state index is 11.9. The number of rotatable bonds is 4. The average molecular weight is 317 g/mol. The first-order valence-corrected chi connectivity index (χ1v) is 7.25. The van der Waals surface area contributed by atoms with Gasteiger partial charge >= 0.3 is 0 Å². The summed E-state index contributed by atoms with van der Waals surface area (Å²) in [7, 11) is 0. The SMILES string of the molecule is Cc1cccc(NC(=O)CC(=O)Nc2ccc(Cl)cc2)c1C. The second-order valence-electron chi connectivity index (χ2n) is 5.03. The summed E-state index contributed by atoms with van der Waals surface area (Å²) >= 11 is 5.77. The number of nitrogens with one attached hydrogen (secondary N) is 2. The van der Waals surface area contributed by atoms with E-state index in [1.807, 2.05) is 32.0 Å². The number of aryl methyl sites for hydroxylation is 1. The molecule has 0 aliphatic rings. The molecule has 0 aromatic heterocycles. The molecule has 2 aromatic rings. The van der Waals surface area contributed by atoms with Crippen molar-refractivity contribution in [3.63, 3.8) is 0 Å². The van der Waals surface area contributed by atoms with Crippen LogP contribution in [0.3, 0.4) is 0 Å². The number of amides is 2.